The molecule has 0 aliphatic carbocycles. The van der Waals surface area contributed by atoms with Crippen LogP contribution >= 0.6 is 35.6 Å². The fourth-order valence-electron chi connectivity index (χ4n) is 2.74. The van der Waals surface area contributed by atoms with Crippen molar-refractivity contribution in [3.63, 3.8) is 0 Å². The number of hydrogen-bond acceptors (Lipinski definition) is 4. The molecule has 1 heterocycles. The van der Waals surface area contributed by atoms with E-state index in [9.17, 15) is 0 Å². The van der Waals surface area contributed by atoms with Gasteiger partial charge in [0.25, 0.3) is 0 Å². The second kappa shape index (κ2) is 11.6. The van der Waals surface area contributed by atoms with E-state index in [0.29, 0.717) is 24.1 Å². The van der Waals surface area contributed by atoms with E-state index < -0.39 is 0 Å². The van der Waals surface area contributed by atoms with Gasteiger partial charge in [-0.2, -0.15) is 0 Å². The van der Waals surface area contributed by atoms with Crippen LogP contribution in [0.4, 0.5) is 0 Å². The lowest BCUT2D eigenvalue weighted by molar-refractivity contribution is 0.414. The molecule has 29 heavy (non-hydrogen) atoms. The maximum Gasteiger partial charge on any atom is 0.191 e. The van der Waals surface area contributed by atoms with Crippen LogP contribution in [0, 0.1) is 0 Å². The van der Waals surface area contributed by atoms with E-state index in [1.165, 1.54) is 0 Å². The number of para-hydroxylation sites is 1. The van der Waals surface area contributed by atoms with Gasteiger partial charge >= 0.3 is 0 Å². The third-order valence-corrected chi connectivity index (χ3v) is 4.59. The van der Waals surface area contributed by atoms with E-state index in [4.69, 9.17) is 16.3 Å². The molecule has 2 aromatic carbocycles. The molecule has 0 bridgehead atoms. The van der Waals surface area contributed by atoms with Crippen molar-refractivity contribution in [3.05, 3.63) is 71.3 Å². The maximum absolute atomic E-state index is 6.29. The standard InChI is InChI=1S/C20H23ClN6O.HI/c1-22-20(23-11-10-15-8-9-17(28-2)12-18(15)21)24-13-19-26-25-14-27(19)16-6-4-3-5-7-16;/h3-9,12,14H,10-11,13H2,1-2H3,(H2,22,23,24);1H. The van der Waals surface area contributed by atoms with E-state index in [1.54, 1.807) is 20.5 Å². The lowest BCUT2D eigenvalue weighted by Gasteiger charge is -2.13. The summed E-state index contributed by atoms with van der Waals surface area (Å²) in [7, 11) is 3.36. The average molecular weight is 527 g/mol. The monoisotopic (exact) mass is 526 g/mol. The zero-order valence-electron chi connectivity index (χ0n) is 16.3. The smallest absolute Gasteiger partial charge is 0.191 e. The van der Waals surface area contributed by atoms with Gasteiger partial charge in [-0.3, -0.25) is 9.56 Å². The Morgan fingerprint density at radius 3 is 2.66 bits per heavy atom. The highest BCUT2D eigenvalue weighted by Gasteiger charge is 2.08. The number of methoxy groups -OCH3 is 1. The van der Waals surface area contributed by atoms with Crippen LogP contribution in [-0.4, -0.2) is 41.4 Å². The van der Waals surface area contributed by atoms with Crippen LogP contribution in [0.3, 0.4) is 0 Å². The van der Waals surface area contributed by atoms with Crippen molar-refractivity contribution in [2.45, 2.75) is 13.0 Å². The Morgan fingerprint density at radius 2 is 1.97 bits per heavy atom. The van der Waals surface area contributed by atoms with Crippen molar-refractivity contribution in [2.75, 3.05) is 20.7 Å². The predicted molar refractivity (Wildman–Crippen MR) is 127 cm³/mol. The minimum absolute atomic E-state index is 0. The van der Waals surface area contributed by atoms with Crippen LogP contribution in [0.1, 0.15) is 11.4 Å². The van der Waals surface area contributed by atoms with Gasteiger partial charge in [-0.25, -0.2) is 0 Å². The van der Waals surface area contributed by atoms with Gasteiger partial charge in [0, 0.05) is 24.3 Å². The van der Waals surface area contributed by atoms with Crippen molar-refractivity contribution in [1.29, 1.82) is 0 Å². The van der Waals surface area contributed by atoms with Crippen molar-refractivity contribution in [2.24, 2.45) is 4.99 Å². The minimum atomic E-state index is 0. The Morgan fingerprint density at radius 1 is 1.17 bits per heavy atom. The zero-order valence-corrected chi connectivity index (χ0v) is 19.4. The molecule has 0 spiro atoms. The van der Waals surface area contributed by atoms with Crippen molar-refractivity contribution in [1.82, 2.24) is 25.4 Å². The largest absolute Gasteiger partial charge is 0.497 e. The highest BCUT2D eigenvalue weighted by molar-refractivity contribution is 14.0. The predicted octanol–water partition coefficient (Wildman–Crippen LogP) is 3.46. The molecule has 7 nitrogen and oxygen atoms in total. The number of rotatable bonds is 7. The molecule has 3 aromatic rings. The third kappa shape index (κ3) is 6.33. The number of guanidine groups is 1. The SMILES string of the molecule is CN=C(NCCc1ccc(OC)cc1Cl)NCc1nncn1-c1ccccc1.I. The fraction of sp³-hybridized carbons (Fsp3) is 0.250. The molecule has 0 saturated heterocycles. The number of nitrogens with zero attached hydrogens (tertiary/aromatic N) is 4. The summed E-state index contributed by atoms with van der Waals surface area (Å²) in [5, 5.41) is 15.5. The first-order chi connectivity index (χ1) is 13.7. The first-order valence-electron chi connectivity index (χ1n) is 8.92. The molecule has 3 rings (SSSR count). The summed E-state index contributed by atoms with van der Waals surface area (Å²) in [5.74, 6) is 2.24. The molecular weight excluding hydrogens is 503 g/mol. The third-order valence-electron chi connectivity index (χ3n) is 4.24. The second-order valence-electron chi connectivity index (χ2n) is 6.01. The van der Waals surface area contributed by atoms with Gasteiger partial charge in [-0.05, 0) is 36.2 Å². The van der Waals surface area contributed by atoms with Crippen LogP contribution in [0.2, 0.25) is 5.02 Å². The van der Waals surface area contributed by atoms with Crippen molar-refractivity contribution in [3.8, 4) is 11.4 Å². The van der Waals surface area contributed by atoms with Gasteiger partial charge in [0.2, 0.25) is 0 Å². The Hall–Kier alpha value is -2.33. The highest BCUT2D eigenvalue weighted by atomic mass is 127. The molecule has 0 atom stereocenters. The molecule has 0 saturated carbocycles. The zero-order chi connectivity index (χ0) is 19.8. The van der Waals surface area contributed by atoms with E-state index in [0.717, 1.165) is 29.2 Å². The van der Waals surface area contributed by atoms with E-state index in [1.807, 2.05) is 53.1 Å². The van der Waals surface area contributed by atoms with Gasteiger partial charge in [0.1, 0.15) is 12.1 Å². The highest BCUT2D eigenvalue weighted by Crippen LogP contribution is 2.22. The molecule has 154 valence electrons. The first-order valence-corrected chi connectivity index (χ1v) is 9.30. The molecule has 9 heteroatoms. The summed E-state index contributed by atoms with van der Waals surface area (Å²) in [6.07, 6.45) is 2.47. The summed E-state index contributed by atoms with van der Waals surface area (Å²) in [5.41, 5.74) is 2.07. The second-order valence-corrected chi connectivity index (χ2v) is 6.42. The Balaban J connectivity index is 0.00000300. The number of nitrogens with one attached hydrogen (secondary N) is 2. The Kier molecular flexibility index (Phi) is 9.20. The Bertz CT molecular complexity index is 932. The minimum Gasteiger partial charge on any atom is -0.497 e. The molecule has 0 unspecified atom stereocenters. The summed E-state index contributed by atoms with van der Waals surface area (Å²) in [6.45, 7) is 1.19. The van der Waals surface area contributed by atoms with Crippen LogP contribution in [0.15, 0.2) is 59.9 Å². The van der Waals surface area contributed by atoms with Gasteiger partial charge in [0.05, 0.1) is 13.7 Å². The number of hydrogen-bond donors (Lipinski definition) is 2. The fourth-order valence-corrected chi connectivity index (χ4v) is 3.01. The number of aliphatic imine (C=N–C) groups is 1. The van der Waals surface area contributed by atoms with Crippen LogP contribution in [0.5, 0.6) is 5.75 Å². The number of aromatic nitrogens is 3. The Labute approximate surface area is 192 Å². The van der Waals surface area contributed by atoms with Gasteiger partial charge in [-0.15, -0.1) is 34.2 Å². The molecule has 1 aromatic heterocycles. The van der Waals surface area contributed by atoms with E-state index in [2.05, 4.69) is 25.8 Å². The quantitative estimate of drug-likeness (QED) is 0.280. The molecule has 0 aliphatic rings. The van der Waals surface area contributed by atoms with E-state index >= 15 is 0 Å². The molecule has 2 N–H and O–H groups in total. The molecule has 0 fully saturated rings. The molecule has 0 radical (unpaired) electrons. The summed E-state index contributed by atoms with van der Waals surface area (Å²) < 4.78 is 7.12. The van der Waals surface area contributed by atoms with E-state index in [-0.39, 0.29) is 24.0 Å². The first kappa shape index (κ1) is 23.0. The van der Waals surface area contributed by atoms with Gasteiger partial charge in [-0.1, -0.05) is 35.9 Å². The average Bonchev–Trinajstić information content (AvgIpc) is 3.20. The lowest BCUT2D eigenvalue weighted by Crippen LogP contribution is -2.38. The normalized spacial score (nSPS) is 10.9. The summed E-state index contributed by atoms with van der Waals surface area (Å²) >= 11 is 6.29. The molecule has 0 aliphatic heterocycles. The number of halogens is 2. The van der Waals surface area contributed by atoms with Gasteiger partial charge in [0.15, 0.2) is 11.8 Å². The molecular formula is C20H24ClIN6O. The topological polar surface area (TPSA) is 76.4 Å². The maximum atomic E-state index is 6.29. The van der Waals surface area contributed by atoms with Crippen LogP contribution in [0.25, 0.3) is 5.69 Å². The van der Waals surface area contributed by atoms with Crippen molar-refractivity contribution >= 4 is 41.5 Å². The summed E-state index contributed by atoms with van der Waals surface area (Å²) in [4.78, 5) is 4.25. The van der Waals surface area contributed by atoms with Crippen molar-refractivity contribution < 1.29 is 4.74 Å². The lowest BCUT2D eigenvalue weighted by atomic mass is 10.1. The molecule has 0 amide bonds. The number of ether oxygens (including phenoxy) is 1. The number of benzene rings is 2. The van der Waals surface area contributed by atoms with Crippen LogP contribution in [-0.2, 0) is 13.0 Å². The van der Waals surface area contributed by atoms with Crippen LogP contribution < -0.4 is 15.4 Å². The van der Waals surface area contributed by atoms with Gasteiger partial charge < -0.3 is 15.4 Å². The summed E-state index contributed by atoms with van der Waals surface area (Å²) in [6, 6.07) is 15.7.